The molecule has 1 fully saturated rings. The molecule has 1 amide bonds. The normalized spacial score (nSPS) is 26.6. The lowest BCUT2D eigenvalue weighted by atomic mass is 9.93. The smallest absolute Gasteiger partial charge is 0.404 e. The summed E-state index contributed by atoms with van der Waals surface area (Å²) in [7, 11) is 0. The predicted octanol–water partition coefficient (Wildman–Crippen LogP) is 1.85. The van der Waals surface area contributed by atoms with E-state index in [1.807, 2.05) is 0 Å². The maximum Gasteiger partial charge on any atom is 0.404 e. The lowest BCUT2D eigenvalue weighted by molar-refractivity contribution is -0.0390. The number of carbonyl (C=O) groups is 1. The standard InChI is InChI=1S/C9H15F2NO3/c10-8(11)5-15-7-3-1-6(2-4-7)12-9(13)14/h6-8,12H,1-5H2,(H,13,14). The van der Waals surface area contributed by atoms with Crippen molar-refractivity contribution < 1.29 is 23.4 Å². The third-order valence-corrected chi connectivity index (χ3v) is 2.46. The molecule has 4 nitrogen and oxygen atoms in total. The van der Waals surface area contributed by atoms with E-state index in [1.165, 1.54) is 0 Å². The van der Waals surface area contributed by atoms with Crippen molar-refractivity contribution in [2.24, 2.45) is 0 Å². The molecule has 1 rings (SSSR count). The molecule has 0 aromatic rings. The number of hydrogen-bond donors (Lipinski definition) is 2. The van der Waals surface area contributed by atoms with Gasteiger partial charge in [0.2, 0.25) is 0 Å². The van der Waals surface area contributed by atoms with E-state index < -0.39 is 19.1 Å². The quantitative estimate of drug-likeness (QED) is 0.764. The number of alkyl halides is 2. The van der Waals surface area contributed by atoms with Crippen molar-refractivity contribution in [1.82, 2.24) is 5.32 Å². The Morgan fingerprint density at radius 3 is 2.47 bits per heavy atom. The van der Waals surface area contributed by atoms with Crippen LogP contribution in [-0.4, -0.2) is 36.4 Å². The van der Waals surface area contributed by atoms with E-state index in [9.17, 15) is 13.6 Å². The molecule has 0 aliphatic heterocycles. The van der Waals surface area contributed by atoms with Gasteiger partial charge in [-0.1, -0.05) is 0 Å². The summed E-state index contributed by atoms with van der Waals surface area (Å²) in [6, 6.07) is -0.0612. The van der Waals surface area contributed by atoms with Crippen LogP contribution in [0.3, 0.4) is 0 Å². The molecule has 88 valence electrons. The summed E-state index contributed by atoms with van der Waals surface area (Å²) in [6.45, 7) is -0.526. The van der Waals surface area contributed by atoms with Gasteiger partial charge >= 0.3 is 6.09 Å². The first-order valence-corrected chi connectivity index (χ1v) is 4.97. The van der Waals surface area contributed by atoms with Crippen molar-refractivity contribution in [3.8, 4) is 0 Å². The van der Waals surface area contributed by atoms with Crippen LogP contribution in [0.25, 0.3) is 0 Å². The van der Waals surface area contributed by atoms with Crippen molar-refractivity contribution in [3.05, 3.63) is 0 Å². The Balaban J connectivity index is 2.15. The molecular weight excluding hydrogens is 208 g/mol. The van der Waals surface area contributed by atoms with Gasteiger partial charge in [-0.25, -0.2) is 13.6 Å². The minimum absolute atomic E-state index is 0.0612. The van der Waals surface area contributed by atoms with Gasteiger partial charge in [-0.2, -0.15) is 0 Å². The first-order chi connectivity index (χ1) is 7.08. The number of amides is 1. The Bertz CT molecular complexity index is 206. The zero-order valence-corrected chi connectivity index (χ0v) is 8.29. The molecule has 15 heavy (non-hydrogen) atoms. The molecule has 0 radical (unpaired) electrons. The third-order valence-electron chi connectivity index (χ3n) is 2.46. The van der Waals surface area contributed by atoms with Gasteiger partial charge in [-0.05, 0) is 25.7 Å². The van der Waals surface area contributed by atoms with Crippen LogP contribution in [0.2, 0.25) is 0 Å². The fraction of sp³-hybridized carbons (Fsp3) is 0.889. The number of halogens is 2. The second-order valence-electron chi connectivity index (χ2n) is 3.65. The molecule has 1 saturated carbocycles. The summed E-state index contributed by atoms with van der Waals surface area (Å²) in [5.41, 5.74) is 0. The van der Waals surface area contributed by atoms with Crippen molar-refractivity contribution in [3.63, 3.8) is 0 Å². The molecule has 0 heterocycles. The molecule has 1 aliphatic rings. The molecule has 0 saturated heterocycles. The molecule has 1 aliphatic carbocycles. The highest BCUT2D eigenvalue weighted by Gasteiger charge is 2.23. The van der Waals surface area contributed by atoms with Gasteiger partial charge in [0.25, 0.3) is 6.43 Å². The van der Waals surface area contributed by atoms with Crippen LogP contribution in [0, 0.1) is 0 Å². The average molecular weight is 223 g/mol. The Morgan fingerprint density at radius 1 is 1.40 bits per heavy atom. The number of rotatable bonds is 4. The molecular formula is C9H15F2NO3. The highest BCUT2D eigenvalue weighted by Crippen LogP contribution is 2.21. The summed E-state index contributed by atoms with van der Waals surface area (Å²) in [5, 5.41) is 10.8. The van der Waals surface area contributed by atoms with E-state index >= 15 is 0 Å². The Morgan fingerprint density at radius 2 is 2.00 bits per heavy atom. The van der Waals surface area contributed by atoms with Crippen LogP contribution in [0.4, 0.5) is 13.6 Å². The van der Waals surface area contributed by atoms with Gasteiger partial charge in [0.15, 0.2) is 0 Å². The van der Waals surface area contributed by atoms with Gasteiger partial charge in [0.05, 0.1) is 6.10 Å². The number of nitrogens with one attached hydrogen (secondary N) is 1. The first-order valence-electron chi connectivity index (χ1n) is 4.97. The van der Waals surface area contributed by atoms with Crippen molar-refractivity contribution in [2.75, 3.05) is 6.61 Å². The third kappa shape index (κ3) is 4.92. The Kier molecular flexibility index (Phi) is 4.74. The zero-order chi connectivity index (χ0) is 11.3. The van der Waals surface area contributed by atoms with Gasteiger partial charge in [0, 0.05) is 6.04 Å². The lowest BCUT2D eigenvalue weighted by Crippen LogP contribution is -2.38. The largest absolute Gasteiger partial charge is 0.465 e. The SMILES string of the molecule is O=C(O)NC1CCC(OCC(F)F)CC1. The summed E-state index contributed by atoms with van der Waals surface area (Å²) >= 11 is 0. The van der Waals surface area contributed by atoms with E-state index in [1.54, 1.807) is 0 Å². The topological polar surface area (TPSA) is 58.6 Å². The van der Waals surface area contributed by atoms with Gasteiger partial charge in [-0.3, -0.25) is 0 Å². The summed E-state index contributed by atoms with van der Waals surface area (Å²) in [5.74, 6) is 0. The molecule has 6 heteroatoms. The summed E-state index contributed by atoms with van der Waals surface area (Å²) < 4.78 is 28.6. The van der Waals surface area contributed by atoms with E-state index in [4.69, 9.17) is 9.84 Å². The predicted molar refractivity (Wildman–Crippen MR) is 49.2 cm³/mol. The lowest BCUT2D eigenvalue weighted by Gasteiger charge is -2.28. The molecule has 0 bridgehead atoms. The maximum atomic E-state index is 11.8. The minimum Gasteiger partial charge on any atom is -0.465 e. The number of carboxylic acid groups (broad SMARTS) is 1. The summed E-state index contributed by atoms with van der Waals surface area (Å²) in [4.78, 5) is 10.3. The van der Waals surface area contributed by atoms with E-state index in [2.05, 4.69) is 5.32 Å². The highest BCUT2D eigenvalue weighted by molar-refractivity contribution is 5.64. The van der Waals surface area contributed by atoms with Crippen molar-refractivity contribution >= 4 is 6.09 Å². The zero-order valence-electron chi connectivity index (χ0n) is 8.29. The van der Waals surface area contributed by atoms with Gasteiger partial charge in [-0.15, -0.1) is 0 Å². The van der Waals surface area contributed by atoms with E-state index in [0.29, 0.717) is 25.7 Å². The van der Waals surface area contributed by atoms with Crippen LogP contribution >= 0.6 is 0 Å². The van der Waals surface area contributed by atoms with Gasteiger partial charge in [0.1, 0.15) is 6.61 Å². The molecule has 0 aromatic carbocycles. The molecule has 0 aromatic heterocycles. The monoisotopic (exact) mass is 223 g/mol. The molecule has 0 atom stereocenters. The second-order valence-corrected chi connectivity index (χ2v) is 3.65. The molecule has 2 N–H and O–H groups in total. The average Bonchev–Trinajstić information content (AvgIpc) is 2.16. The van der Waals surface area contributed by atoms with Crippen molar-refractivity contribution in [2.45, 2.75) is 44.3 Å². The Labute approximate surface area is 86.6 Å². The molecule has 0 spiro atoms. The van der Waals surface area contributed by atoms with Crippen LogP contribution in [0.1, 0.15) is 25.7 Å². The highest BCUT2D eigenvalue weighted by atomic mass is 19.3. The molecule has 0 unspecified atom stereocenters. The fourth-order valence-electron chi connectivity index (χ4n) is 1.76. The Hall–Kier alpha value is -0.910. The van der Waals surface area contributed by atoms with Crippen LogP contribution < -0.4 is 5.32 Å². The van der Waals surface area contributed by atoms with Crippen LogP contribution in [-0.2, 0) is 4.74 Å². The second kappa shape index (κ2) is 5.85. The van der Waals surface area contributed by atoms with E-state index in [0.717, 1.165) is 0 Å². The summed E-state index contributed by atoms with van der Waals surface area (Å²) in [6.07, 6.45) is -1.03. The minimum atomic E-state index is -2.43. The van der Waals surface area contributed by atoms with Crippen molar-refractivity contribution in [1.29, 1.82) is 0 Å². The first kappa shape index (κ1) is 12.2. The van der Waals surface area contributed by atoms with Gasteiger partial charge < -0.3 is 15.2 Å². The number of ether oxygens (including phenoxy) is 1. The fourth-order valence-corrected chi connectivity index (χ4v) is 1.76. The van der Waals surface area contributed by atoms with E-state index in [-0.39, 0.29) is 12.1 Å². The maximum absolute atomic E-state index is 11.8. The van der Waals surface area contributed by atoms with Crippen LogP contribution in [0.15, 0.2) is 0 Å². The number of hydrogen-bond acceptors (Lipinski definition) is 2. The van der Waals surface area contributed by atoms with Crippen LogP contribution in [0.5, 0.6) is 0 Å².